The van der Waals surface area contributed by atoms with Crippen LogP contribution in [0.4, 0.5) is 5.69 Å². The summed E-state index contributed by atoms with van der Waals surface area (Å²) in [5, 5.41) is 21.5. The van der Waals surface area contributed by atoms with E-state index in [0.717, 1.165) is 24.9 Å². The predicted molar refractivity (Wildman–Crippen MR) is 55.5 cm³/mol. The van der Waals surface area contributed by atoms with Crippen molar-refractivity contribution in [2.75, 3.05) is 11.9 Å². The van der Waals surface area contributed by atoms with Crippen molar-refractivity contribution in [3.05, 3.63) is 23.8 Å². The number of hydrogen-bond donors (Lipinski definition) is 3. The van der Waals surface area contributed by atoms with Crippen LogP contribution in [0.3, 0.4) is 0 Å². The molecule has 1 atom stereocenters. The Morgan fingerprint density at radius 1 is 1.43 bits per heavy atom. The van der Waals surface area contributed by atoms with Crippen LogP contribution in [0.25, 0.3) is 0 Å². The maximum absolute atomic E-state index is 9.32. The average molecular weight is 193 g/mol. The van der Waals surface area contributed by atoms with Crippen LogP contribution in [0.5, 0.6) is 5.75 Å². The van der Waals surface area contributed by atoms with Crippen LogP contribution in [0.2, 0.25) is 0 Å². The number of aromatic hydroxyl groups is 1. The van der Waals surface area contributed by atoms with Gasteiger partial charge in [0.25, 0.3) is 0 Å². The molecule has 0 amide bonds. The first-order valence-corrected chi connectivity index (χ1v) is 4.99. The molecule has 0 saturated carbocycles. The Labute approximate surface area is 83.4 Å². The molecular weight excluding hydrogens is 178 g/mol. The third-order valence-corrected chi connectivity index (χ3v) is 2.69. The second-order valence-electron chi connectivity index (χ2n) is 3.73. The Morgan fingerprint density at radius 3 is 3.07 bits per heavy atom. The molecule has 3 N–H and O–H groups in total. The van der Waals surface area contributed by atoms with Crippen molar-refractivity contribution in [1.29, 1.82) is 0 Å². The quantitative estimate of drug-likeness (QED) is 0.667. The number of aliphatic hydroxyl groups is 1. The maximum Gasteiger partial charge on any atom is 0.117 e. The molecule has 0 fully saturated rings. The first kappa shape index (κ1) is 9.34. The van der Waals surface area contributed by atoms with E-state index in [1.807, 2.05) is 6.07 Å². The van der Waals surface area contributed by atoms with Crippen LogP contribution < -0.4 is 5.32 Å². The molecule has 0 radical (unpaired) electrons. The molecule has 0 bridgehead atoms. The van der Waals surface area contributed by atoms with E-state index in [1.165, 1.54) is 5.56 Å². The van der Waals surface area contributed by atoms with Crippen LogP contribution in [0, 0.1) is 0 Å². The smallest absolute Gasteiger partial charge is 0.117 e. The van der Waals surface area contributed by atoms with Crippen LogP contribution in [-0.4, -0.2) is 22.9 Å². The molecule has 1 unspecified atom stereocenters. The van der Waals surface area contributed by atoms with Crippen molar-refractivity contribution in [2.45, 2.75) is 25.3 Å². The Balaban J connectivity index is 2.16. The van der Waals surface area contributed by atoms with Gasteiger partial charge in [-0.1, -0.05) is 6.07 Å². The molecule has 1 aromatic rings. The topological polar surface area (TPSA) is 52.5 Å². The third kappa shape index (κ3) is 1.82. The SMILES string of the molecule is OCCC1CCc2ccc(O)cc2N1. The lowest BCUT2D eigenvalue weighted by Crippen LogP contribution is -2.26. The zero-order valence-corrected chi connectivity index (χ0v) is 8.03. The Bertz CT molecular complexity index is 325. The number of anilines is 1. The highest BCUT2D eigenvalue weighted by Crippen LogP contribution is 2.28. The molecular formula is C11H15NO2. The van der Waals surface area contributed by atoms with Crippen molar-refractivity contribution < 1.29 is 10.2 Å². The van der Waals surface area contributed by atoms with Gasteiger partial charge in [0.15, 0.2) is 0 Å². The number of nitrogens with one attached hydrogen (secondary N) is 1. The number of phenols is 1. The molecule has 0 aliphatic carbocycles. The summed E-state index contributed by atoms with van der Waals surface area (Å²) in [6.45, 7) is 0.214. The third-order valence-electron chi connectivity index (χ3n) is 2.69. The summed E-state index contributed by atoms with van der Waals surface area (Å²) < 4.78 is 0. The molecule has 3 nitrogen and oxygen atoms in total. The largest absolute Gasteiger partial charge is 0.508 e. The summed E-state index contributed by atoms with van der Waals surface area (Å²) in [4.78, 5) is 0. The van der Waals surface area contributed by atoms with Gasteiger partial charge in [0.2, 0.25) is 0 Å². The summed E-state index contributed by atoms with van der Waals surface area (Å²) >= 11 is 0. The monoisotopic (exact) mass is 193 g/mol. The van der Waals surface area contributed by atoms with Crippen LogP contribution in [0.1, 0.15) is 18.4 Å². The van der Waals surface area contributed by atoms with Crippen molar-refractivity contribution >= 4 is 5.69 Å². The number of benzene rings is 1. The van der Waals surface area contributed by atoms with E-state index in [-0.39, 0.29) is 6.61 Å². The Kier molecular flexibility index (Phi) is 2.59. The number of hydrogen-bond acceptors (Lipinski definition) is 3. The number of fused-ring (bicyclic) bond motifs is 1. The molecule has 1 aliphatic heterocycles. The van der Waals surface area contributed by atoms with Gasteiger partial charge in [0.05, 0.1) is 0 Å². The van der Waals surface area contributed by atoms with Crippen LogP contribution >= 0.6 is 0 Å². The Hall–Kier alpha value is -1.22. The fraction of sp³-hybridized carbons (Fsp3) is 0.455. The van der Waals surface area contributed by atoms with Gasteiger partial charge in [-0.2, -0.15) is 0 Å². The zero-order chi connectivity index (χ0) is 9.97. The predicted octanol–water partition coefficient (Wildman–Crippen LogP) is 1.50. The summed E-state index contributed by atoms with van der Waals surface area (Å²) in [5.74, 6) is 0.292. The molecule has 0 spiro atoms. The Morgan fingerprint density at radius 2 is 2.29 bits per heavy atom. The van der Waals surface area contributed by atoms with E-state index in [1.54, 1.807) is 12.1 Å². The fourth-order valence-electron chi connectivity index (χ4n) is 1.91. The van der Waals surface area contributed by atoms with Crippen LogP contribution in [0.15, 0.2) is 18.2 Å². The minimum atomic E-state index is 0.214. The van der Waals surface area contributed by atoms with Gasteiger partial charge in [-0.05, 0) is 30.9 Å². The first-order valence-electron chi connectivity index (χ1n) is 4.99. The van der Waals surface area contributed by atoms with Crippen LogP contribution in [-0.2, 0) is 6.42 Å². The van der Waals surface area contributed by atoms with E-state index in [4.69, 9.17) is 5.11 Å². The molecule has 0 saturated heterocycles. The summed E-state index contributed by atoms with van der Waals surface area (Å²) in [5.41, 5.74) is 2.26. The molecule has 3 heteroatoms. The second-order valence-corrected chi connectivity index (χ2v) is 3.73. The van der Waals surface area contributed by atoms with E-state index in [0.29, 0.717) is 11.8 Å². The van der Waals surface area contributed by atoms with Gasteiger partial charge in [0, 0.05) is 24.4 Å². The van der Waals surface area contributed by atoms with Gasteiger partial charge in [-0.15, -0.1) is 0 Å². The summed E-state index contributed by atoms with van der Waals surface area (Å²) in [6, 6.07) is 5.76. The zero-order valence-electron chi connectivity index (χ0n) is 8.03. The molecule has 0 aromatic heterocycles. The van der Waals surface area contributed by atoms with Gasteiger partial charge >= 0.3 is 0 Å². The van der Waals surface area contributed by atoms with E-state index < -0.39 is 0 Å². The minimum absolute atomic E-state index is 0.214. The molecule has 1 aliphatic rings. The fourth-order valence-corrected chi connectivity index (χ4v) is 1.91. The second kappa shape index (κ2) is 3.88. The minimum Gasteiger partial charge on any atom is -0.508 e. The van der Waals surface area contributed by atoms with Crippen molar-refractivity contribution in [3.63, 3.8) is 0 Å². The van der Waals surface area contributed by atoms with Crippen molar-refractivity contribution in [3.8, 4) is 5.75 Å². The van der Waals surface area contributed by atoms with Gasteiger partial charge in [0.1, 0.15) is 5.75 Å². The molecule has 76 valence electrons. The van der Waals surface area contributed by atoms with Crippen molar-refractivity contribution in [2.24, 2.45) is 0 Å². The number of rotatable bonds is 2. The molecule has 2 rings (SSSR count). The van der Waals surface area contributed by atoms with E-state index in [2.05, 4.69) is 5.32 Å². The van der Waals surface area contributed by atoms with Crippen molar-refractivity contribution in [1.82, 2.24) is 0 Å². The highest BCUT2D eigenvalue weighted by molar-refractivity contribution is 5.57. The van der Waals surface area contributed by atoms with Gasteiger partial charge < -0.3 is 15.5 Å². The van der Waals surface area contributed by atoms with Gasteiger partial charge in [-0.25, -0.2) is 0 Å². The normalized spacial score (nSPS) is 19.9. The highest BCUT2D eigenvalue weighted by Gasteiger charge is 2.16. The standard InChI is InChI=1S/C11H15NO2/c13-6-5-9-3-1-8-2-4-10(14)7-11(8)12-9/h2,4,7,9,12-14H,1,3,5-6H2. The molecule has 1 heterocycles. The number of aryl methyl sites for hydroxylation is 1. The van der Waals surface area contributed by atoms with Gasteiger partial charge in [-0.3, -0.25) is 0 Å². The average Bonchev–Trinajstić information content (AvgIpc) is 2.17. The number of phenolic OH excluding ortho intramolecular Hbond substituents is 1. The van der Waals surface area contributed by atoms with E-state index >= 15 is 0 Å². The maximum atomic E-state index is 9.32. The van der Waals surface area contributed by atoms with E-state index in [9.17, 15) is 5.11 Å². The lowest BCUT2D eigenvalue weighted by molar-refractivity contribution is 0.276. The lowest BCUT2D eigenvalue weighted by Gasteiger charge is -2.26. The molecule has 14 heavy (non-hydrogen) atoms. The lowest BCUT2D eigenvalue weighted by atomic mass is 9.96. The molecule has 1 aromatic carbocycles. The number of aliphatic hydroxyl groups excluding tert-OH is 1. The summed E-state index contributed by atoms with van der Waals surface area (Å²) in [6.07, 6.45) is 2.85. The first-order chi connectivity index (χ1) is 6.79. The summed E-state index contributed by atoms with van der Waals surface area (Å²) in [7, 11) is 0. The highest BCUT2D eigenvalue weighted by atomic mass is 16.3.